The van der Waals surface area contributed by atoms with Gasteiger partial charge in [-0.15, -0.1) is 0 Å². The predicted octanol–water partition coefficient (Wildman–Crippen LogP) is 16.5. The van der Waals surface area contributed by atoms with Crippen molar-refractivity contribution in [2.75, 3.05) is 0 Å². The van der Waals surface area contributed by atoms with Crippen LogP contribution in [0.3, 0.4) is 0 Å². The maximum atomic E-state index is 5.18. The van der Waals surface area contributed by atoms with Gasteiger partial charge in [0, 0.05) is 33.2 Å². The van der Waals surface area contributed by atoms with E-state index in [2.05, 4.69) is 223 Å². The van der Waals surface area contributed by atoms with Gasteiger partial charge in [0.05, 0.1) is 22.4 Å². The van der Waals surface area contributed by atoms with Crippen molar-refractivity contribution in [1.82, 2.24) is 14.5 Å². The summed E-state index contributed by atoms with van der Waals surface area (Å²) in [6, 6.07) is 85.3. The van der Waals surface area contributed by atoms with Gasteiger partial charge >= 0.3 is 0 Å². The highest BCUT2D eigenvalue weighted by Crippen LogP contribution is 2.44. The molecule has 65 heavy (non-hydrogen) atoms. The lowest BCUT2D eigenvalue weighted by molar-refractivity contribution is 1.17. The Balaban J connectivity index is 0.901. The van der Waals surface area contributed by atoms with Crippen molar-refractivity contribution in [2.45, 2.75) is 0 Å². The molecule has 0 aliphatic rings. The van der Waals surface area contributed by atoms with Gasteiger partial charge in [-0.1, -0.05) is 200 Å². The first kappa shape index (κ1) is 36.9. The molecule has 0 amide bonds. The van der Waals surface area contributed by atoms with Crippen LogP contribution in [-0.4, -0.2) is 14.5 Å². The summed E-state index contributed by atoms with van der Waals surface area (Å²) < 4.78 is 2.35. The van der Waals surface area contributed by atoms with E-state index in [9.17, 15) is 0 Å². The van der Waals surface area contributed by atoms with E-state index in [0.717, 1.165) is 39.3 Å². The third kappa shape index (κ3) is 6.12. The molecule has 0 N–H and O–H groups in total. The monoisotopic (exact) mass is 825 g/mol. The zero-order valence-corrected chi connectivity index (χ0v) is 35.4. The van der Waals surface area contributed by atoms with E-state index in [-0.39, 0.29) is 0 Å². The molecule has 11 aromatic carbocycles. The molecule has 0 saturated carbocycles. The maximum Gasteiger partial charge on any atom is 0.160 e. The smallest absolute Gasteiger partial charge is 0.160 e. The molecule has 0 radical (unpaired) electrons. The predicted molar refractivity (Wildman–Crippen MR) is 274 cm³/mol. The van der Waals surface area contributed by atoms with Gasteiger partial charge in [0.15, 0.2) is 5.82 Å². The van der Waals surface area contributed by atoms with Crippen molar-refractivity contribution in [3.63, 3.8) is 0 Å². The normalized spacial score (nSPS) is 11.7. The van der Waals surface area contributed by atoms with Gasteiger partial charge in [0.2, 0.25) is 0 Å². The summed E-state index contributed by atoms with van der Waals surface area (Å²) in [6.45, 7) is 0. The van der Waals surface area contributed by atoms with E-state index < -0.39 is 0 Å². The summed E-state index contributed by atoms with van der Waals surface area (Å²) in [5, 5.41) is 12.5. The minimum Gasteiger partial charge on any atom is -0.309 e. The lowest BCUT2D eigenvalue weighted by Crippen LogP contribution is -1.97. The Hall–Kier alpha value is -8.66. The third-order valence-corrected chi connectivity index (χ3v) is 13.2. The number of aromatic nitrogens is 3. The fourth-order valence-electron chi connectivity index (χ4n) is 10.1. The Morgan fingerprint density at radius 2 is 0.785 bits per heavy atom. The van der Waals surface area contributed by atoms with Crippen LogP contribution in [0.15, 0.2) is 237 Å². The Morgan fingerprint density at radius 1 is 0.277 bits per heavy atom. The van der Waals surface area contributed by atoms with Crippen LogP contribution in [0.2, 0.25) is 0 Å². The van der Waals surface area contributed by atoms with Crippen LogP contribution in [-0.2, 0) is 0 Å². The molecule has 0 bridgehead atoms. The summed E-state index contributed by atoms with van der Waals surface area (Å²) in [7, 11) is 0. The van der Waals surface area contributed by atoms with Gasteiger partial charge in [0.25, 0.3) is 0 Å². The highest BCUT2D eigenvalue weighted by molar-refractivity contribution is 6.23. The largest absolute Gasteiger partial charge is 0.309 e. The van der Waals surface area contributed by atoms with Crippen LogP contribution in [0.1, 0.15) is 0 Å². The van der Waals surface area contributed by atoms with Crippen LogP contribution < -0.4 is 0 Å². The number of rotatable bonds is 6. The van der Waals surface area contributed by atoms with E-state index in [1.807, 2.05) is 18.2 Å². The van der Waals surface area contributed by atoms with Crippen molar-refractivity contribution < 1.29 is 0 Å². The second kappa shape index (κ2) is 15.0. The second-order valence-electron chi connectivity index (χ2n) is 16.9. The Bertz CT molecular complexity index is 3920. The Labute approximate surface area is 376 Å². The summed E-state index contributed by atoms with van der Waals surface area (Å²) in [4.78, 5) is 10.3. The number of nitrogens with zero attached hydrogens (tertiary/aromatic N) is 3. The summed E-state index contributed by atoms with van der Waals surface area (Å²) in [5.41, 5.74) is 13.2. The molecule has 13 aromatic rings. The van der Waals surface area contributed by atoms with Gasteiger partial charge in [0.1, 0.15) is 0 Å². The molecule has 13 rings (SSSR count). The molecule has 302 valence electrons. The average molecular weight is 826 g/mol. The molecule has 0 atom stereocenters. The number of benzene rings is 11. The zero-order valence-electron chi connectivity index (χ0n) is 35.4. The summed E-state index contributed by atoms with van der Waals surface area (Å²) in [6.07, 6.45) is 0. The van der Waals surface area contributed by atoms with E-state index >= 15 is 0 Å². The maximum absolute atomic E-state index is 5.18. The molecule has 2 heterocycles. The lowest BCUT2D eigenvalue weighted by Gasteiger charge is -2.17. The van der Waals surface area contributed by atoms with E-state index in [4.69, 9.17) is 9.97 Å². The molecular formula is C62H39N3. The van der Waals surface area contributed by atoms with Crippen LogP contribution in [0.25, 0.3) is 127 Å². The number of fused-ring (bicyclic) bond motifs is 8. The standard InChI is InChI=1S/C62H39N3/c1-2-15-44(16-3-1)62-63-57(39-58(64-62)43-30-33-46(34-31-43)65-59-24-12-10-22-52(59)53-23-11-13-25-60(53)65)42-28-26-41(27-29-42)48-36-37-54(51-21-9-8-20-50(48)51)61-49-19-7-5-17-45(49)38-56-47-18-6-4-14-40(47)32-35-55(56)61/h1-39H. The summed E-state index contributed by atoms with van der Waals surface area (Å²) >= 11 is 0. The van der Waals surface area contributed by atoms with Crippen LogP contribution in [0, 0.1) is 0 Å². The van der Waals surface area contributed by atoms with Crippen molar-refractivity contribution >= 4 is 64.9 Å². The molecule has 3 heteroatoms. The molecule has 3 nitrogen and oxygen atoms in total. The topological polar surface area (TPSA) is 30.7 Å². The molecule has 0 unspecified atom stereocenters. The van der Waals surface area contributed by atoms with Crippen molar-refractivity contribution in [3.05, 3.63) is 237 Å². The highest BCUT2D eigenvalue weighted by atomic mass is 15.0. The van der Waals surface area contributed by atoms with Gasteiger partial charge in [-0.2, -0.15) is 0 Å². The van der Waals surface area contributed by atoms with E-state index in [1.165, 1.54) is 81.6 Å². The summed E-state index contributed by atoms with van der Waals surface area (Å²) in [5.74, 6) is 0.698. The molecule has 2 aromatic heterocycles. The second-order valence-corrected chi connectivity index (χ2v) is 16.9. The van der Waals surface area contributed by atoms with Crippen molar-refractivity contribution in [2.24, 2.45) is 0 Å². The van der Waals surface area contributed by atoms with Gasteiger partial charge < -0.3 is 4.57 Å². The van der Waals surface area contributed by atoms with Crippen LogP contribution >= 0.6 is 0 Å². The highest BCUT2D eigenvalue weighted by Gasteiger charge is 2.18. The van der Waals surface area contributed by atoms with Crippen LogP contribution in [0.5, 0.6) is 0 Å². The zero-order chi connectivity index (χ0) is 42.8. The fraction of sp³-hybridized carbons (Fsp3) is 0. The van der Waals surface area contributed by atoms with Crippen molar-refractivity contribution in [3.8, 4) is 61.8 Å². The SMILES string of the molecule is c1ccc(-c2nc(-c3ccc(-c4ccc(-c5c6ccccc6cc6c5ccc5ccccc56)c5ccccc45)cc3)cc(-c3ccc(-n4c5ccccc5c5ccccc54)cc3)n2)cc1. The lowest BCUT2D eigenvalue weighted by atomic mass is 9.86. The van der Waals surface area contributed by atoms with Gasteiger partial charge in [-0.3, -0.25) is 0 Å². The van der Waals surface area contributed by atoms with E-state index in [1.54, 1.807) is 0 Å². The number of para-hydroxylation sites is 2. The first-order valence-electron chi connectivity index (χ1n) is 22.2. The molecule has 0 spiro atoms. The first-order valence-corrected chi connectivity index (χ1v) is 22.2. The number of hydrogen-bond acceptors (Lipinski definition) is 2. The molecule has 0 aliphatic heterocycles. The Morgan fingerprint density at radius 3 is 1.46 bits per heavy atom. The number of hydrogen-bond donors (Lipinski definition) is 0. The fourth-order valence-corrected chi connectivity index (χ4v) is 10.1. The minimum atomic E-state index is 0.698. The molecule has 0 aliphatic carbocycles. The molecular weight excluding hydrogens is 787 g/mol. The molecule has 0 fully saturated rings. The van der Waals surface area contributed by atoms with Crippen LogP contribution in [0.4, 0.5) is 0 Å². The van der Waals surface area contributed by atoms with Gasteiger partial charge in [-0.25, -0.2) is 9.97 Å². The van der Waals surface area contributed by atoms with Gasteiger partial charge in [-0.05, 0) is 102 Å². The first-order chi connectivity index (χ1) is 32.2. The van der Waals surface area contributed by atoms with Crippen molar-refractivity contribution in [1.29, 1.82) is 0 Å². The van der Waals surface area contributed by atoms with E-state index in [0.29, 0.717) is 5.82 Å². The Kier molecular flexibility index (Phi) is 8.53. The molecule has 0 saturated heterocycles. The third-order valence-electron chi connectivity index (χ3n) is 13.2. The minimum absolute atomic E-state index is 0.698. The quantitative estimate of drug-likeness (QED) is 0.123. The average Bonchev–Trinajstić information content (AvgIpc) is 3.72.